The molecule has 0 radical (unpaired) electrons. The quantitative estimate of drug-likeness (QED) is 0.389. The van der Waals surface area contributed by atoms with E-state index >= 15 is 0 Å². The average molecular weight is 158 g/mol. The highest BCUT2D eigenvalue weighted by Gasteiger charge is 2.63. The lowest BCUT2D eigenvalue weighted by Crippen LogP contribution is -2.21. The molecule has 62 valence electrons. The zero-order valence-corrected chi connectivity index (χ0v) is 6.33. The highest BCUT2D eigenvalue weighted by Crippen LogP contribution is 2.43. The van der Waals surface area contributed by atoms with Crippen LogP contribution in [0.25, 0.3) is 0 Å². The van der Waals surface area contributed by atoms with Gasteiger partial charge in [0.25, 0.3) is 0 Å². The van der Waals surface area contributed by atoms with Gasteiger partial charge in [0, 0.05) is 13.0 Å². The Morgan fingerprint density at radius 3 is 3.09 bits per heavy atom. The molecule has 2 saturated heterocycles. The Morgan fingerprint density at radius 2 is 2.55 bits per heavy atom. The van der Waals surface area contributed by atoms with E-state index in [4.69, 9.17) is 9.47 Å². The number of methoxy groups -OCH3 is 1. The van der Waals surface area contributed by atoms with Crippen molar-refractivity contribution < 1.29 is 19.0 Å². The molecule has 0 amide bonds. The van der Waals surface area contributed by atoms with Gasteiger partial charge in [0.05, 0.1) is 13.7 Å². The first-order valence-corrected chi connectivity index (χ1v) is 3.62. The summed E-state index contributed by atoms with van der Waals surface area (Å²) in [5, 5.41) is 0. The highest BCUT2D eigenvalue weighted by molar-refractivity contribution is 5.79. The monoisotopic (exact) mass is 158 g/mol. The molecular weight excluding hydrogens is 148 g/mol. The fraction of sp³-hybridized carbons (Fsp3) is 0.857. The molecule has 2 aliphatic heterocycles. The van der Waals surface area contributed by atoms with Crippen LogP contribution in [0.1, 0.15) is 6.42 Å². The third-order valence-electron chi connectivity index (χ3n) is 2.20. The molecule has 2 aliphatic rings. The van der Waals surface area contributed by atoms with Crippen LogP contribution in [0.3, 0.4) is 0 Å². The first-order valence-electron chi connectivity index (χ1n) is 3.62. The van der Waals surface area contributed by atoms with Crippen molar-refractivity contribution >= 4 is 5.97 Å². The molecule has 0 aliphatic carbocycles. The fourth-order valence-electron chi connectivity index (χ4n) is 1.43. The summed E-state index contributed by atoms with van der Waals surface area (Å²) in [5.74, 6) is -0.282. The Balaban J connectivity index is 1.97. The predicted octanol–water partition coefficient (Wildman–Crippen LogP) is -0.283. The van der Waals surface area contributed by atoms with Crippen LogP contribution >= 0.6 is 0 Å². The van der Waals surface area contributed by atoms with Gasteiger partial charge in [-0.2, -0.15) is 0 Å². The summed E-state index contributed by atoms with van der Waals surface area (Å²) >= 11 is 0. The number of ether oxygens (including phenoxy) is 3. The molecule has 0 saturated carbocycles. The van der Waals surface area contributed by atoms with Crippen molar-refractivity contribution in [1.29, 1.82) is 0 Å². The van der Waals surface area contributed by atoms with Gasteiger partial charge < -0.3 is 14.2 Å². The second-order valence-corrected chi connectivity index (χ2v) is 2.89. The smallest absolute Gasteiger partial charge is 0.338 e. The Hall–Kier alpha value is -0.610. The van der Waals surface area contributed by atoms with Crippen molar-refractivity contribution in [2.45, 2.75) is 18.1 Å². The van der Waals surface area contributed by atoms with Gasteiger partial charge >= 0.3 is 5.97 Å². The summed E-state index contributed by atoms with van der Waals surface area (Å²) in [7, 11) is 1.37. The molecule has 0 bridgehead atoms. The zero-order chi connectivity index (χ0) is 7.90. The van der Waals surface area contributed by atoms with Crippen LogP contribution in [0.5, 0.6) is 0 Å². The Morgan fingerprint density at radius 1 is 1.73 bits per heavy atom. The van der Waals surface area contributed by atoms with Gasteiger partial charge in [-0.25, -0.2) is 4.79 Å². The first kappa shape index (κ1) is 7.06. The third-order valence-corrected chi connectivity index (χ3v) is 2.20. The Bertz CT molecular complexity index is 183. The van der Waals surface area contributed by atoms with Crippen LogP contribution in [0.2, 0.25) is 0 Å². The van der Waals surface area contributed by atoms with Gasteiger partial charge in [0.1, 0.15) is 5.60 Å². The summed E-state index contributed by atoms with van der Waals surface area (Å²) in [6, 6.07) is 0. The molecule has 0 aromatic rings. The number of carbonyl (C=O) groups excluding carboxylic acids is 1. The van der Waals surface area contributed by atoms with E-state index in [0.717, 1.165) is 6.42 Å². The Kier molecular flexibility index (Phi) is 1.40. The van der Waals surface area contributed by atoms with Gasteiger partial charge in [0.2, 0.25) is 0 Å². The molecule has 0 aromatic carbocycles. The van der Waals surface area contributed by atoms with E-state index in [1.54, 1.807) is 0 Å². The van der Waals surface area contributed by atoms with Crippen LogP contribution in [0.4, 0.5) is 0 Å². The van der Waals surface area contributed by atoms with E-state index in [9.17, 15) is 4.79 Å². The minimum absolute atomic E-state index is 0.282. The van der Waals surface area contributed by atoms with Crippen LogP contribution < -0.4 is 0 Å². The molecule has 2 atom stereocenters. The van der Waals surface area contributed by atoms with E-state index < -0.39 is 0 Å². The fourth-order valence-corrected chi connectivity index (χ4v) is 1.43. The highest BCUT2D eigenvalue weighted by atomic mass is 16.7. The molecule has 4 nitrogen and oxygen atoms in total. The zero-order valence-electron chi connectivity index (χ0n) is 6.33. The maximum atomic E-state index is 10.9. The van der Waals surface area contributed by atoms with Gasteiger partial charge in [-0.1, -0.05) is 0 Å². The second-order valence-electron chi connectivity index (χ2n) is 2.89. The minimum Gasteiger partial charge on any atom is -0.467 e. The molecule has 2 rings (SSSR count). The lowest BCUT2D eigenvalue weighted by atomic mass is 10.1. The van der Waals surface area contributed by atoms with Crippen molar-refractivity contribution in [3.63, 3.8) is 0 Å². The van der Waals surface area contributed by atoms with Crippen LogP contribution in [0.15, 0.2) is 0 Å². The van der Waals surface area contributed by atoms with Crippen LogP contribution in [0, 0.1) is 0 Å². The van der Waals surface area contributed by atoms with E-state index in [-0.39, 0.29) is 17.7 Å². The Labute approximate surface area is 64.4 Å². The first-order chi connectivity index (χ1) is 5.28. The molecule has 0 aromatic heterocycles. The number of hydrogen-bond acceptors (Lipinski definition) is 4. The van der Waals surface area contributed by atoms with E-state index in [1.165, 1.54) is 7.11 Å². The summed E-state index contributed by atoms with van der Waals surface area (Å²) in [6.45, 7) is 1.22. The summed E-state index contributed by atoms with van der Waals surface area (Å²) in [6.07, 6.45) is 0.447. The van der Waals surface area contributed by atoms with Crippen LogP contribution in [-0.2, 0) is 19.0 Å². The van der Waals surface area contributed by atoms with Crippen molar-refractivity contribution in [1.82, 2.24) is 0 Å². The van der Waals surface area contributed by atoms with Crippen molar-refractivity contribution in [2.24, 2.45) is 0 Å². The number of hydrogen-bond donors (Lipinski definition) is 0. The summed E-state index contributed by atoms with van der Waals surface area (Å²) < 4.78 is 14.9. The molecule has 11 heavy (non-hydrogen) atoms. The maximum absolute atomic E-state index is 10.9. The minimum atomic E-state index is -0.366. The van der Waals surface area contributed by atoms with Gasteiger partial charge in [-0.05, 0) is 0 Å². The number of esters is 1. The predicted molar refractivity (Wildman–Crippen MR) is 35.1 cm³/mol. The van der Waals surface area contributed by atoms with Crippen molar-refractivity contribution in [2.75, 3.05) is 20.3 Å². The number of epoxide rings is 1. The van der Waals surface area contributed by atoms with Crippen molar-refractivity contribution in [3.8, 4) is 0 Å². The van der Waals surface area contributed by atoms with E-state index in [1.807, 2.05) is 0 Å². The molecule has 0 N–H and O–H groups in total. The second kappa shape index (κ2) is 2.19. The van der Waals surface area contributed by atoms with Gasteiger partial charge in [-0.3, -0.25) is 0 Å². The third kappa shape index (κ3) is 0.937. The lowest BCUT2D eigenvalue weighted by Gasteiger charge is -1.97. The molecule has 4 heteroatoms. The van der Waals surface area contributed by atoms with Crippen molar-refractivity contribution in [3.05, 3.63) is 0 Å². The lowest BCUT2D eigenvalue weighted by molar-refractivity contribution is -0.142. The molecule has 1 spiro atoms. The average Bonchev–Trinajstić information content (AvgIpc) is 2.48. The van der Waals surface area contributed by atoms with E-state index in [0.29, 0.717) is 13.2 Å². The number of rotatable bonds is 1. The summed E-state index contributed by atoms with van der Waals surface area (Å²) in [4.78, 5) is 10.9. The topological polar surface area (TPSA) is 48.1 Å². The normalized spacial score (nSPS) is 41.0. The standard InChI is InChI=1S/C7H10O4/c1-9-6(8)5-7(11-5)2-3-10-4-7/h5H,2-4H2,1H3/t5-,7+/m0/s1. The largest absolute Gasteiger partial charge is 0.467 e. The van der Waals surface area contributed by atoms with Gasteiger partial charge in [0.15, 0.2) is 6.10 Å². The summed E-state index contributed by atoms with van der Waals surface area (Å²) in [5.41, 5.74) is -0.312. The van der Waals surface area contributed by atoms with Gasteiger partial charge in [-0.15, -0.1) is 0 Å². The number of carbonyl (C=O) groups is 1. The molecule has 2 fully saturated rings. The molecule has 0 unspecified atom stereocenters. The maximum Gasteiger partial charge on any atom is 0.338 e. The molecular formula is C7H10O4. The SMILES string of the molecule is COC(=O)[C@@H]1O[C@@]12CCOC2. The molecule has 2 heterocycles. The van der Waals surface area contributed by atoms with Crippen LogP contribution in [-0.4, -0.2) is 38.0 Å². The van der Waals surface area contributed by atoms with E-state index in [2.05, 4.69) is 4.74 Å².